The number of aromatic nitrogens is 5. The van der Waals surface area contributed by atoms with E-state index >= 15 is 0 Å². The van der Waals surface area contributed by atoms with Gasteiger partial charge >= 0.3 is 0 Å². The van der Waals surface area contributed by atoms with Gasteiger partial charge in [0, 0.05) is 23.8 Å². The summed E-state index contributed by atoms with van der Waals surface area (Å²) in [7, 11) is 4.14. The molecule has 3 heterocycles. The van der Waals surface area contributed by atoms with E-state index in [0.717, 1.165) is 35.3 Å². The number of fused-ring (bicyclic) bond motifs is 3. The van der Waals surface area contributed by atoms with Gasteiger partial charge < -0.3 is 14.3 Å². The maximum atomic E-state index is 5.88. The zero-order valence-electron chi connectivity index (χ0n) is 17.5. The molecule has 3 aromatic heterocycles. The molecule has 8 nitrogen and oxygen atoms in total. The molecule has 0 atom stereocenters. The number of nitrogens with zero attached hydrogens (tertiary/aromatic N) is 7. The molecule has 0 aliphatic rings. The van der Waals surface area contributed by atoms with Crippen molar-refractivity contribution in [3.05, 3.63) is 58.3 Å². The van der Waals surface area contributed by atoms with Crippen LogP contribution in [0.2, 0.25) is 5.02 Å². The molecule has 0 unspecified atom stereocenters. The van der Waals surface area contributed by atoms with Crippen LogP contribution in [0.5, 0.6) is 0 Å². The SMILES string of the molecule is Cc1c(C)n(CCN(C)C)c2ncn3nc(CO/N=C\c4ccc(Cl)cc4)nc3c12. The Labute approximate surface area is 179 Å². The topological polar surface area (TPSA) is 72.8 Å². The molecule has 1 aromatic carbocycles. The summed E-state index contributed by atoms with van der Waals surface area (Å²) >= 11 is 5.88. The molecule has 30 heavy (non-hydrogen) atoms. The summed E-state index contributed by atoms with van der Waals surface area (Å²) < 4.78 is 3.94. The molecule has 0 aliphatic heterocycles. The van der Waals surface area contributed by atoms with E-state index < -0.39 is 0 Å². The monoisotopic (exact) mass is 425 g/mol. The molecule has 0 spiro atoms. The highest BCUT2D eigenvalue weighted by atomic mass is 35.5. The average Bonchev–Trinajstić information content (AvgIpc) is 3.24. The molecule has 0 amide bonds. The van der Waals surface area contributed by atoms with Gasteiger partial charge in [0.25, 0.3) is 0 Å². The number of halogens is 1. The molecule has 0 N–H and O–H groups in total. The number of hydrogen-bond acceptors (Lipinski definition) is 6. The van der Waals surface area contributed by atoms with Gasteiger partial charge in [-0.05, 0) is 51.2 Å². The van der Waals surface area contributed by atoms with Gasteiger partial charge in [0.05, 0.1) is 11.6 Å². The van der Waals surface area contributed by atoms with Crippen molar-refractivity contribution in [2.75, 3.05) is 20.6 Å². The van der Waals surface area contributed by atoms with E-state index in [-0.39, 0.29) is 6.61 Å². The average molecular weight is 426 g/mol. The van der Waals surface area contributed by atoms with Crippen LogP contribution in [0.3, 0.4) is 0 Å². The minimum Gasteiger partial charge on any atom is -0.387 e. The number of benzene rings is 1. The minimum absolute atomic E-state index is 0.173. The third-order valence-corrected chi connectivity index (χ3v) is 5.35. The molecule has 9 heteroatoms. The number of rotatable bonds is 7. The van der Waals surface area contributed by atoms with Gasteiger partial charge in [-0.25, -0.2) is 14.5 Å². The second-order valence-corrected chi connectivity index (χ2v) is 7.90. The van der Waals surface area contributed by atoms with Crippen LogP contribution < -0.4 is 0 Å². The molecule has 4 aromatic rings. The van der Waals surface area contributed by atoms with Gasteiger partial charge in [-0.1, -0.05) is 28.9 Å². The molecule has 156 valence electrons. The van der Waals surface area contributed by atoms with Crippen LogP contribution in [0.25, 0.3) is 16.7 Å². The van der Waals surface area contributed by atoms with Crippen LogP contribution in [0, 0.1) is 13.8 Å². The number of likely N-dealkylation sites (N-methyl/N-ethyl adjacent to an activating group) is 1. The third kappa shape index (κ3) is 4.01. The molecule has 0 radical (unpaired) electrons. The first-order valence-corrected chi connectivity index (χ1v) is 10.1. The smallest absolute Gasteiger partial charge is 0.192 e. The first-order chi connectivity index (χ1) is 14.4. The molecule has 0 saturated heterocycles. The lowest BCUT2D eigenvalue weighted by atomic mass is 10.2. The summed E-state index contributed by atoms with van der Waals surface area (Å²) in [5, 5.41) is 10.2. The fourth-order valence-electron chi connectivity index (χ4n) is 3.35. The minimum atomic E-state index is 0.173. The Bertz CT molecular complexity index is 1210. The van der Waals surface area contributed by atoms with Crippen molar-refractivity contribution in [3.63, 3.8) is 0 Å². The lowest BCUT2D eigenvalue weighted by Crippen LogP contribution is -2.19. The van der Waals surface area contributed by atoms with Gasteiger partial charge in [0.1, 0.15) is 12.0 Å². The second-order valence-electron chi connectivity index (χ2n) is 7.46. The third-order valence-electron chi connectivity index (χ3n) is 5.10. The number of aryl methyl sites for hydroxylation is 1. The number of hydrogen-bond donors (Lipinski definition) is 0. The van der Waals surface area contributed by atoms with Crippen LogP contribution in [-0.2, 0) is 18.0 Å². The van der Waals surface area contributed by atoms with E-state index in [4.69, 9.17) is 16.4 Å². The predicted octanol–water partition coefficient (Wildman–Crippen LogP) is 3.46. The summed E-state index contributed by atoms with van der Waals surface area (Å²) in [6.45, 7) is 6.21. The van der Waals surface area contributed by atoms with Gasteiger partial charge in [0.2, 0.25) is 0 Å². The van der Waals surface area contributed by atoms with Crippen LogP contribution in [0.1, 0.15) is 22.6 Å². The summed E-state index contributed by atoms with van der Waals surface area (Å²) in [5.41, 5.74) is 4.98. The van der Waals surface area contributed by atoms with Gasteiger partial charge in [0.15, 0.2) is 18.1 Å². The molecular weight excluding hydrogens is 402 g/mol. The van der Waals surface area contributed by atoms with Crippen molar-refractivity contribution in [1.82, 2.24) is 29.0 Å². The lowest BCUT2D eigenvalue weighted by Gasteiger charge is -2.12. The van der Waals surface area contributed by atoms with Crippen molar-refractivity contribution in [2.45, 2.75) is 27.0 Å². The van der Waals surface area contributed by atoms with Crippen LogP contribution in [-0.4, -0.2) is 55.9 Å². The molecule has 0 bridgehead atoms. The maximum Gasteiger partial charge on any atom is 0.192 e. The van der Waals surface area contributed by atoms with Gasteiger partial charge in [-0.2, -0.15) is 0 Å². The summed E-state index contributed by atoms with van der Waals surface area (Å²) in [5.74, 6) is 0.552. The fourth-order valence-corrected chi connectivity index (χ4v) is 3.48. The highest BCUT2D eigenvalue weighted by Gasteiger charge is 2.18. The zero-order valence-corrected chi connectivity index (χ0v) is 18.3. The Hall–Kier alpha value is -2.97. The van der Waals surface area contributed by atoms with Gasteiger partial charge in [-0.15, -0.1) is 5.10 Å². The van der Waals surface area contributed by atoms with E-state index in [1.807, 2.05) is 12.1 Å². The predicted molar refractivity (Wildman–Crippen MR) is 118 cm³/mol. The molecule has 0 saturated carbocycles. The lowest BCUT2D eigenvalue weighted by molar-refractivity contribution is 0.126. The van der Waals surface area contributed by atoms with Crippen molar-refractivity contribution >= 4 is 34.5 Å². The van der Waals surface area contributed by atoms with Crippen molar-refractivity contribution in [2.24, 2.45) is 5.16 Å². The van der Waals surface area contributed by atoms with Crippen molar-refractivity contribution in [3.8, 4) is 0 Å². The standard InChI is InChI=1S/C21H24ClN7O/c1-14-15(2)28(10-9-27(3)4)20-19(14)21-25-18(26-29(21)13-23-20)12-30-24-11-16-5-7-17(22)8-6-16/h5-8,11,13H,9-10,12H2,1-4H3/b24-11-. The normalized spacial score (nSPS) is 12.1. The second kappa shape index (κ2) is 8.41. The summed E-state index contributed by atoms with van der Waals surface area (Å²) in [6, 6.07) is 7.35. The largest absolute Gasteiger partial charge is 0.387 e. The molecule has 0 fully saturated rings. The van der Waals surface area contributed by atoms with E-state index in [9.17, 15) is 0 Å². The Kier molecular flexibility index (Phi) is 5.69. The molecular formula is C21H24ClN7O. The van der Waals surface area contributed by atoms with E-state index in [1.54, 1.807) is 29.2 Å². The van der Waals surface area contributed by atoms with Crippen molar-refractivity contribution < 1.29 is 4.84 Å². The maximum absolute atomic E-state index is 5.88. The first-order valence-electron chi connectivity index (χ1n) is 9.69. The number of oxime groups is 1. The van der Waals surface area contributed by atoms with E-state index in [1.165, 1.54) is 11.3 Å². The Morgan fingerprint density at radius 1 is 1.17 bits per heavy atom. The highest BCUT2D eigenvalue weighted by Crippen LogP contribution is 2.26. The Morgan fingerprint density at radius 3 is 2.67 bits per heavy atom. The summed E-state index contributed by atoms with van der Waals surface area (Å²) in [6.07, 6.45) is 3.33. The van der Waals surface area contributed by atoms with Crippen molar-refractivity contribution in [1.29, 1.82) is 0 Å². The zero-order chi connectivity index (χ0) is 21.3. The van der Waals surface area contributed by atoms with Gasteiger partial charge in [-0.3, -0.25) is 0 Å². The Balaban J connectivity index is 1.57. The Morgan fingerprint density at radius 2 is 1.93 bits per heavy atom. The molecule has 0 aliphatic carbocycles. The summed E-state index contributed by atoms with van der Waals surface area (Å²) in [4.78, 5) is 16.9. The first kappa shape index (κ1) is 20.3. The fraction of sp³-hybridized carbons (Fsp3) is 0.333. The van der Waals surface area contributed by atoms with Crippen LogP contribution in [0.4, 0.5) is 0 Å². The van der Waals surface area contributed by atoms with Crippen LogP contribution in [0.15, 0.2) is 35.7 Å². The van der Waals surface area contributed by atoms with E-state index in [0.29, 0.717) is 10.8 Å². The molecule has 4 rings (SSSR count). The van der Waals surface area contributed by atoms with Crippen LogP contribution >= 0.6 is 11.6 Å². The van der Waals surface area contributed by atoms with E-state index in [2.05, 4.69) is 57.6 Å². The quantitative estimate of drug-likeness (QED) is 0.335. The highest BCUT2D eigenvalue weighted by molar-refractivity contribution is 6.30.